The maximum absolute atomic E-state index is 12.6. The third-order valence-corrected chi connectivity index (χ3v) is 5.96. The summed E-state index contributed by atoms with van der Waals surface area (Å²) in [5.41, 5.74) is 0. The molecule has 0 radical (unpaired) electrons. The predicted molar refractivity (Wildman–Crippen MR) is 76.1 cm³/mol. The normalized spacial score (nSPS) is 19.8. The summed E-state index contributed by atoms with van der Waals surface area (Å²) in [7, 11) is -4.36. The number of ether oxygens (including phenoxy) is 1. The lowest BCUT2D eigenvalue weighted by Crippen LogP contribution is -2.48. The van der Waals surface area contributed by atoms with Gasteiger partial charge < -0.3 is 4.74 Å². The van der Waals surface area contributed by atoms with Crippen molar-refractivity contribution in [2.75, 3.05) is 13.1 Å². The highest BCUT2D eigenvalue weighted by atomic mass is 32.2. The van der Waals surface area contributed by atoms with Crippen LogP contribution in [0.2, 0.25) is 0 Å². The van der Waals surface area contributed by atoms with Gasteiger partial charge in [-0.25, -0.2) is 12.7 Å². The van der Waals surface area contributed by atoms with Crippen LogP contribution in [0.3, 0.4) is 0 Å². The van der Waals surface area contributed by atoms with E-state index in [4.69, 9.17) is 4.74 Å². The molecule has 8 heteroatoms. The molecule has 0 unspecified atom stereocenters. The van der Waals surface area contributed by atoms with E-state index in [0.29, 0.717) is 25.5 Å². The summed E-state index contributed by atoms with van der Waals surface area (Å²) in [4.78, 5) is 0. The molecule has 1 aliphatic rings. The summed E-state index contributed by atoms with van der Waals surface area (Å²) in [5.74, 6) is 0.674. The second-order valence-corrected chi connectivity index (χ2v) is 7.51. The van der Waals surface area contributed by atoms with E-state index in [0.717, 1.165) is 4.31 Å². The lowest BCUT2D eigenvalue weighted by Gasteiger charge is -2.33. The predicted octanol–water partition coefficient (Wildman–Crippen LogP) is 2.81. The number of rotatable bonds is 4. The number of alkyl halides is 3. The molecule has 0 aliphatic carbocycles. The summed E-state index contributed by atoms with van der Waals surface area (Å²) in [6.07, 6.45) is -4.19. The first-order valence-corrected chi connectivity index (χ1v) is 8.49. The number of benzene rings is 1. The second kappa shape index (κ2) is 6.45. The Kier molecular flexibility index (Phi) is 5.01. The molecule has 124 valence electrons. The Morgan fingerprint density at radius 1 is 1.18 bits per heavy atom. The van der Waals surface area contributed by atoms with Gasteiger partial charge in [0.15, 0.2) is 5.25 Å². The summed E-state index contributed by atoms with van der Waals surface area (Å²) < 4.78 is 68.4. The number of halogens is 3. The third kappa shape index (κ3) is 3.92. The van der Waals surface area contributed by atoms with Gasteiger partial charge in [0.1, 0.15) is 11.9 Å². The van der Waals surface area contributed by atoms with Crippen molar-refractivity contribution >= 4 is 10.0 Å². The Morgan fingerprint density at radius 2 is 1.73 bits per heavy atom. The zero-order valence-electron chi connectivity index (χ0n) is 12.1. The summed E-state index contributed by atoms with van der Waals surface area (Å²) in [6.45, 7) is 0.766. The molecule has 0 bridgehead atoms. The SMILES string of the molecule is C[C@@H](C(F)(F)F)S(=O)(=O)N1CCC(Oc2ccccc2)CC1. The topological polar surface area (TPSA) is 46.6 Å². The molecule has 1 aliphatic heterocycles. The van der Waals surface area contributed by atoms with Gasteiger partial charge in [-0.15, -0.1) is 0 Å². The number of nitrogens with zero attached hydrogens (tertiary/aromatic N) is 1. The van der Waals surface area contributed by atoms with Crippen LogP contribution in [-0.4, -0.2) is 43.3 Å². The Hall–Kier alpha value is -1.28. The minimum absolute atomic E-state index is 0.0419. The van der Waals surface area contributed by atoms with Crippen LogP contribution >= 0.6 is 0 Å². The average molecular weight is 337 g/mol. The molecule has 0 spiro atoms. The van der Waals surface area contributed by atoms with Gasteiger partial charge >= 0.3 is 6.18 Å². The summed E-state index contributed by atoms with van der Waals surface area (Å²) >= 11 is 0. The van der Waals surface area contributed by atoms with E-state index < -0.39 is 21.4 Å². The van der Waals surface area contributed by atoms with Gasteiger partial charge in [-0.05, 0) is 31.9 Å². The molecule has 0 amide bonds. The Labute approximate surface area is 127 Å². The quantitative estimate of drug-likeness (QED) is 0.849. The molecule has 1 heterocycles. The van der Waals surface area contributed by atoms with Crippen LogP contribution in [0.15, 0.2) is 30.3 Å². The molecule has 1 aromatic carbocycles. The van der Waals surface area contributed by atoms with Crippen LogP contribution in [0.5, 0.6) is 5.75 Å². The molecule has 0 aromatic heterocycles. The van der Waals surface area contributed by atoms with Crippen molar-refractivity contribution in [1.82, 2.24) is 4.31 Å². The molecule has 2 rings (SSSR count). The summed E-state index contributed by atoms with van der Waals surface area (Å²) in [6, 6.07) is 9.06. The second-order valence-electron chi connectivity index (χ2n) is 5.26. The van der Waals surface area contributed by atoms with E-state index in [2.05, 4.69) is 0 Å². The van der Waals surface area contributed by atoms with E-state index in [1.807, 2.05) is 18.2 Å². The molecule has 1 fully saturated rings. The van der Waals surface area contributed by atoms with Gasteiger partial charge in [-0.1, -0.05) is 18.2 Å². The fraction of sp³-hybridized carbons (Fsp3) is 0.571. The summed E-state index contributed by atoms with van der Waals surface area (Å²) in [5, 5.41) is -2.38. The van der Waals surface area contributed by atoms with Crippen LogP contribution in [0.25, 0.3) is 0 Å². The van der Waals surface area contributed by atoms with E-state index in [9.17, 15) is 21.6 Å². The zero-order valence-corrected chi connectivity index (χ0v) is 12.9. The van der Waals surface area contributed by atoms with Gasteiger partial charge in [0, 0.05) is 13.1 Å². The number of piperidine rings is 1. The molecule has 4 nitrogen and oxygen atoms in total. The highest BCUT2D eigenvalue weighted by Gasteiger charge is 2.48. The van der Waals surface area contributed by atoms with Gasteiger partial charge in [-0.2, -0.15) is 13.2 Å². The third-order valence-electron chi connectivity index (χ3n) is 3.71. The first-order chi connectivity index (χ1) is 10.2. The minimum Gasteiger partial charge on any atom is -0.490 e. The van der Waals surface area contributed by atoms with Crippen LogP contribution < -0.4 is 4.74 Å². The largest absolute Gasteiger partial charge is 0.490 e. The number of hydrogen-bond donors (Lipinski definition) is 0. The lowest BCUT2D eigenvalue weighted by molar-refractivity contribution is -0.127. The maximum atomic E-state index is 12.6. The van der Waals surface area contributed by atoms with E-state index in [1.165, 1.54) is 0 Å². The minimum atomic E-state index is -4.75. The molecular formula is C14H18F3NO3S. The first kappa shape index (κ1) is 17.1. The Balaban J connectivity index is 1.94. The van der Waals surface area contributed by atoms with Gasteiger partial charge in [0.25, 0.3) is 0 Å². The molecule has 1 saturated heterocycles. The van der Waals surface area contributed by atoms with Crippen LogP contribution in [0, 0.1) is 0 Å². The monoisotopic (exact) mass is 337 g/mol. The van der Waals surface area contributed by atoms with Crippen molar-refractivity contribution < 1.29 is 26.3 Å². The van der Waals surface area contributed by atoms with E-state index in [-0.39, 0.29) is 19.2 Å². The average Bonchev–Trinajstić information content (AvgIpc) is 2.47. The molecule has 22 heavy (non-hydrogen) atoms. The van der Waals surface area contributed by atoms with Gasteiger partial charge in [0.05, 0.1) is 0 Å². The van der Waals surface area contributed by atoms with Crippen molar-refractivity contribution in [3.05, 3.63) is 30.3 Å². The Bertz CT molecular complexity index is 581. The highest BCUT2D eigenvalue weighted by Crippen LogP contribution is 2.29. The standard InChI is InChI=1S/C14H18F3NO3S/c1-11(14(15,16)17)22(19,20)18-9-7-13(8-10-18)21-12-5-3-2-4-6-12/h2-6,11,13H,7-10H2,1H3/t11-/m0/s1. The maximum Gasteiger partial charge on any atom is 0.406 e. The molecule has 1 atom stereocenters. The Morgan fingerprint density at radius 3 is 2.23 bits per heavy atom. The van der Waals surface area contributed by atoms with Crippen molar-refractivity contribution in [2.45, 2.75) is 37.3 Å². The zero-order chi connectivity index (χ0) is 16.4. The molecule has 0 saturated carbocycles. The van der Waals surface area contributed by atoms with Gasteiger partial charge in [-0.3, -0.25) is 0 Å². The van der Waals surface area contributed by atoms with Crippen molar-refractivity contribution in [1.29, 1.82) is 0 Å². The van der Waals surface area contributed by atoms with Crippen molar-refractivity contribution in [3.63, 3.8) is 0 Å². The molecule has 1 aromatic rings. The van der Waals surface area contributed by atoms with Crippen molar-refractivity contribution in [2.24, 2.45) is 0 Å². The van der Waals surface area contributed by atoms with E-state index >= 15 is 0 Å². The van der Waals surface area contributed by atoms with E-state index in [1.54, 1.807) is 12.1 Å². The van der Waals surface area contributed by atoms with Crippen LogP contribution in [0.1, 0.15) is 19.8 Å². The number of para-hydroxylation sites is 1. The first-order valence-electron chi connectivity index (χ1n) is 6.98. The van der Waals surface area contributed by atoms with Gasteiger partial charge in [0.2, 0.25) is 10.0 Å². The fourth-order valence-corrected chi connectivity index (χ4v) is 3.79. The fourth-order valence-electron chi connectivity index (χ4n) is 2.29. The van der Waals surface area contributed by atoms with Crippen LogP contribution in [-0.2, 0) is 10.0 Å². The smallest absolute Gasteiger partial charge is 0.406 e. The molecule has 0 N–H and O–H groups in total. The number of sulfonamides is 1. The number of hydrogen-bond acceptors (Lipinski definition) is 3. The van der Waals surface area contributed by atoms with Crippen molar-refractivity contribution in [3.8, 4) is 5.75 Å². The highest BCUT2D eigenvalue weighted by molar-refractivity contribution is 7.89. The molecular weight excluding hydrogens is 319 g/mol. The van der Waals surface area contributed by atoms with Crippen LogP contribution in [0.4, 0.5) is 13.2 Å². The lowest BCUT2D eigenvalue weighted by atomic mass is 10.1.